The number of hydrogen-bond donors (Lipinski definition) is 1. The highest BCUT2D eigenvalue weighted by atomic mass is 35.5. The van der Waals surface area contributed by atoms with Gasteiger partial charge in [-0.1, -0.05) is 30.9 Å². The molecule has 0 atom stereocenters. The van der Waals surface area contributed by atoms with E-state index in [-0.39, 0.29) is 5.91 Å². The summed E-state index contributed by atoms with van der Waals surface area (Å²) < 4.78 is 5.64. The van der Waals surface area contributed by atoms with Crippen molar-refractivity contribution >= 4 is 17.5 Å². The molecule has 0 bridgehead atoms. The molecule has 1 amide bonds. The summed E-state index contributed by atoms with van der Waals surface area (Å²) in [6.07, 6.45) is 6.47. The van der Waals surface area contributed by atoms with Crippen molar-refractivity contribution in [1.29, 1.82) is 0 Å². The van der Waals surface area contributed by atoms with E-state index in [1.165, 1.54) is 32.1 Å². The van der Waals surface area contributed by atoms with Crippen molar-refractivity contribution in [3.05, 3.63) is 29.3 Å². The molecule has 0 heterocycles. The van der Waals surface area contributed by atoms with Crippen LogP contribution < -0.4 is 10.1 Å². The lowest BCUT2D eigenvalue weighted by Crippen LogP contribution is -2.39. The fourth-order valence-electron chi connectivity index (χ4n) is 2.88. The number of halogens is 1. The molecule has 128 valence electrons. The van der Waals surface area contributed by atoms with Gasteiger partial charge in [-0.3, -0.25) is 9.69 Å². The maximum Gasteiger partial charge on any atom is 0.234 e. The van der Waals surface area contributed by atoms with Gasteiger partial charge in [0.05, 0.1) is 6.54 Å². The summed E-state index contributed by atoms with van der Waals surface area (Å²) in [6.45, 7) is 2.50. The molecule has 0 radical (unpaired) electrons. The van der Waals surface area contributed by atoms with Crippen LogP contribution in [0.3, 0.4) is 0 Å². The van der Waals surface area contributed by atoms with Crippen LogP contribution in [0, 0.1) is 5.92 Å². The van der Waals surface area contributed by atoms with Crippen LogP contribution in [0.25, 0.3) is 0 Å². The Hall–Kier alpha value is -1.26. The van der Waals surface area contributed by atoms with Gasteiger partial charge in [-0.2, -0.15) is 0 Å². The average molecular weight is 339 g/mol. The largest absolute Gasteiger partial charge is 0.492 e. The van der Waals surface area contributed by atoms with Gasteiger partial charge in [0.15, 0.2) is 0 Å². The van der Waals surface area contributed by atoms with Gasteiger partial charge >= 0.3 is 0 Å². The second kappa shape index (κ2) is 9.78. The van der Waals surface area contributed by atoms with Gasteiger partial charge in [0.25, 0.3) is 0 Å². The van der Waals surface area contributed by atoms with Crippen LogP contribution in [0.5, 0.6) is 5.75 Å². The molecule has 1 aromatic rings. The van der Waals surface area contributed by atoms with E-state index < -0.39 is 0 Å². The van der Waals surface area contributed by atoms with Crippen LogP contribution in [0.2, 0.25) is 5.02 Å². The number of nitrogens with zero attached hydrogens (tertiary/aromatic N) is 1. The number of rotatable bonds is 8. The standard InChI is InChI=1S/C18H27ClN2O2/c1-21(11-12-23-17-9-7-16(19)8-10-17)14-18(22)20-13-15-5-3-2-4-6-15/h7-10,15H,2-6,11-14H2,1H3,(H,20,22). The SMILES string of the molecule is CN(CCOc1ccc(Cl)cc1)CC(=O)NCC1CCCCC1. The molecule has 0 unspecified atom stereocenters. The van der Waals surface area contributed by atoms with Crippen LogP contribution in [0.15, 0.2) is 24.3 Å². The van der Waals surface area contributed by atoms with Crippen LogP contribution >= 0.6 is 11.6 Å². The van der Waals surface area contributed by atoms with Gasteiger partial charge in [0.1, 0.15) is 12.4 Å². The molecule has 0 aliphatic heterocycles. The maximum absolute atomic E-state index is 12.0. The number of carbonyl (C=O) groups excluding carboxylic acids is 1. The highest BCUT2D eigenvalue weighted by molar-refractivity contribution is 6.30. The number of amides is 1. The van der Waals surface area contributed by atoms with E-state index in [1.54, 1.807) is 12.1 Å². The minimum absolute atomic E-state index is 0.101. The molecule has 0 aromatic heterocycles. The quantitative estimate of drug-likeness (QED) is 0.790. The molecule has 4 nitrogen and oxygen atoms in total. The van der Waals surface area contributed by atoms with Crippen molar-refractivity contribution in [3.63, 3.8) is 0 Å². The molecule has 23 heavy (non-hydrogen) atoms. The van der Waals surface area contributed by atoms with Gasteiger partial charge in [0, 0.05) is 18.1 Å². The maximum atomic E-state index is 12.0. The summed E-state index contributed by atoms with van der Waals surface area (Å²) >= 11 is 5.83. The van der Waals surface area contributed by atoms with Crippen molar-refractivity contribution < 1.29 is 9.53 Å². The first-order chi connectivity index (χ1) is 11.1. The van der Waals surface area contributed by atoms with E-state index in [1.807, 2.05) is 24.1 Å². The Morgan fingerprint density at radius 1 is 1.26 bits per heavy atom. The summed E-state index contributed by atoms with van der Waals surface area (Å²) in [5.74, 6) is 1.57. The zero-order chi connectivity index (χ0) is 16.5. The first kappa shape index (κ1) is 18.1. The summed E-state index contributed by atoms with van der Waals surface area (Å²) in [6, 6.07) is 7.30. The predicted molar refractivity (Wildman–Crippen MR) is 94.0 cm³/mol. The Balaban J connectivity index is 1.57. The van der Waals surface area contributed by atoms with E-state index >= 15 is 0 Å². The summed E-state index contributed by atoms with van der Waals surface area (Å²) in [7, 11) is 1.94. The van der Waals surface area contributed by atoms with Crippen molar-refractivity contribution in [2.45, 2.75) is 32.1 Å². The predicted octanol–water partition coefficient (Wildman–Crippen LogP) is 3.35. The first-order valence-corrected chi connectivity index (χ1v) is 8.85. The van der Waals surface area contributed by atoms with Gasteiger partial charge in [0.2, 0.25) is 5.91 Å². The average Bonchev–Trinajstić information content (AvgIpc) is 2.56. The number of likely N-dealkylation sites (N-methyl/N-ethyl adjacent to an activating group) is 1. The number of benzene rings is 1. The fourth-order valence-corrected chi connectivity index (χ4v) is 3.01. The second-order valence-electron chi connectivity index (χ2n) is 6.35. The van der Waals surface area contributed by atoms with Crippen LogP contribution in [0.1, 0.15) is 32.1 Å². The number of nitrogens with one attached hydrogen (secondary N) is 1. The van der Waals surface area contributed by atoms with Gasteiger partial charge in [-0.15, -0.1) is 0 Å². The Bertz CT molecular complexity index is 472. The molecule has 1 aliphatic rings. The zero-order valence-corrected chi connectivity index (χ0v) is 14.6. The zero-order valence-electron chi connectivity index (χ0n) is 13.9. The molecule has 2 rings (SSSR count). The van der Waals surface area contributed by atoms with Crippen molar-refractivity contribution in [2.75, 3.05) is 33.3 Å². The molecule has 0 spiro atoms. The molecular formula is C18H27ClN2O2. The van der Waals surface area contributed by atoms with E-state index in [9.17, 15) is 4.79 Å². The topological polar surface area (TPSA) is 41.6 Å². The molecule has 1 fully saturated rings. The smallest absolute Gasteiger partial charge is 0.234 e. The third-order valence-electron chi connectivity index (χ3n) is 4.28. The highest BCUT2D eigenvalue weighted by Gasteiger charge is 2.14. The van der Waals surface area contributed by atoms with Crippen LogP contribution in [-0.2, 0) is 4.79 Å². The lowest BCUT2D eigenvalue weighted by molar-refractivity contribution is -0.122. The minimum atomic E-state index is 0.101. The highest BCUT2D eigenvalue weighted by Crippen LogP contribution is 2.22. The van der Waals surface area contributed by atoms with Crippen molar-refractivity contribution in [3.8, 4) is 5.75 Å². The molecule has 0 saturated heterocycles. The molecule has 1 N–H and O–H groups in total. The summed E-state index contributed by atoms with van der Waals surface area (Å²) in [4.78, 5) is 13.9. The lowest BCUT2D eigenvalue weighted by Gasteiger charge is -2.22. The third-order valence-corrected chi connectivity index (χ3v) is 4.53. The Morgan fingerprint density at radius 3 is 2.65 bits per heavy atom. The van der Waals surface area contributed by atoms with Crippen molar-refractivity contribution in [2.24, 2.45) is 5.92 Å². The molecule has 1 aliphatic carbocycles. The van der Waals surface area contributed by atoms with Gasteiger partial charge in [-0.05, 0) is 50.1 Å². The van der Waals surface area contributed by atoms with E-state index in [0.717, 1.165) is 12.3 Å². The minimum Gasteiger partial charge on any atom is -0.492 e. The molecular weight excluding hydrogens is 312 g/mol. The Labute approximate surface area is 144 Å². The van der Waals surface area contributed by atoms with E-state index in [0.29, 0.717) is 30.6 Å². The normalized spacial score (nSPS) is 15.6. The summed E-state index contributed by atoms with van der Waals surface area (Å²) in [5.41, 5.74) is 0. The molecule has 5 heteroatoms. The van der Waals surface area contributed by atoms with Crippen LogP contribution in [-0.4, -0.2) is 44.1 Å². The van der Waals surface area contributed by atoms with Crippen LogP contribution in [0.4, 0.5) is 0 Å². The Kier molecular flexibility index (Phi) is 7.69. The fraction of sp³-hybridized carbons (Fsp3) is 0.611. The van der Waals surface area contributed by atoms with E-state index in [2.05, 4.69) is 5.32 Å². The van der Waals surface area contributed by atoms with Crippen molar-refractivity contribution in [1.82, 2.24) is 10.2 Å². The second-order valence-corrected chi connectivity index (χ2v) is 6.78. The number of carbonyl (C=O) groups is 1. The first-order valence-electron chi connectivity index (χ1n) is 8.47. The molecule has 1 saturated carbocycles. The molecule has 1 aromatic carbocycles. The van der Waals surface area contributed by atoms with Gasteiger partial charge in [-0.25, -0.2) is 0 Å². The summed E-state index contributed by atoms with van der Waals surface area (Å²) in [5, 5.41) is 3.76. The lowest BCUT2D eigenvalue weighted by atomic mass is 9.89. The number of hydrogen-bond acceptors (Lipinski definition) is 3. The van der Waals surface area contributed by atoms with E-state index in [4.69, 9.17) is 16.3 Å². The van der Waals surface area contributed by atoms with Gasteiger partial charge < -0.3 is 10.1 Å². The Morgan fingerprint density at radius 2 is 1.96 bits per heavy atom. The third kappa shape index (κ3) is 7.23. The number of ether oxygens (including phenoxy) is 1. The monoisotopic (exact) mass is 338 g/mol.